The summed E-state index contributed by atoms with van der Waals surface area (Å²) in [6, 6.07) is 0. The molecule has 0 aromatic carbocycles. The van der Waals surface area contributed by atoms with Gasteiger partial charge in [0.15, 0.2) is 0 Å². The van der Waals surface area contributed by atoms with Crippen molar-refractivity contribution in [2.45, 2.75) is 46.0 Å². The van der Waals surface area contributed by atoms with E-state index < -0.39 is 0 Å². The zero-order valence-electron chi connectivity index (χ0n) is 9.01. The maximum Gasteiger partial charge on any atom is 0.314 e. The summed E-state index contributed by atoms with van der Waals surface area (Å²) in [5, 5.41) is 0. The lowest BCUT2D eigenvalue weighted by Gasteiger charge is -2.12. The molecule has 0 atom stereocenters. The van der Waals surface area contributed by atoms with Crippen LogP contribution >= 0.6 is 0 Å². The van der Waals surface area contributed by atoms with Crippen molar-refractivity contribution in [2.75, 3.05) is 19.6 Å². The molecular formula is C11H22NO+. The van der Waals surface area contributed by atoms with Gasteiger partial charge < -0.3 is 0 Å². The number of carbonyl (C=O) groups is 1. The highest BCUT2D eigenvalue weighted by Crippen LogP contribution is 2.23. The normalized spacial score (nSPS) is 18.6. The minimum Gasteiger partial charge on any atom is -0.251 e. The Morgan fingerprint density at radius 2 is 1.85 bits per heavy atom. The van der Waals surface area contributed by atoms with Gasteiger partial charge in [0.05, 0.1) is 13.0 Å². The Hall–Kier alpha value is -0.370. The molecule has 0 aromatic heterocycles. The third kappa shape index (κ3) is 2.80. The van der Waals surface area contributed by atoms with Gasteiger partial charge in [0.2, 0.25) is 0 Å². The standard InChI is InChI=1S/C11H22NO/c1-3-5-6-7-8-11(13)12(4-2)9-10-12/h3-10H2,1-2H3/q+1. The molecule has 0 N–H and O–H groups in total. The van der Waals surface area contributed by atoms with Crippen LogP contribution < -0.4 is 0 Å². The smallest absolute Gasteiger partial charge is 0.251 e. The van der Waals surface area contributed by atoms with Gasteiger partial charge in [0, 0.05) is 0 Å². The van der Waals surface area contributed by atoms with Crippen LogP contribution in [0.15, 0.2) is 0 Å². The average molecular weight is 184 g/mol. The number of nitrogens with zero attached hydrogens (tertiary/aromatic N) is 1. The molecule has 0 bridgehead atoms. The van der Waals surface area contributed by atoms with E-state index in [1.54, 1.807) is 0 Å². The second-order valence-electron chi connectivity index (χ2n) is 4.11. The van der Waals surface area contributed by atoms with Gasteiger partial charge in [-0.2, -0.15) is 0 Å². The zero-order chi connectivity index (χ0) is 9.73. The molecule has 2 nitrogen and oxygen atoms in total. The molecule has 1 fully saturated rings. The molecule has 1 amide bonds. The Morgan fingerprint density at radius 3 is 2.31 bits per heavy atom. The van der Waals surface area contributed by atoms with Gasteiger partial charge in [-0.1, -0.05) is 26.2 Å². The van der Waals surface area contributed by atoms with Crippen molar-refractivity contribution in [3.63, 3.8) is 0 Å². The molecule has 0 spiro atoms. The van der Waals surface area contributed by atoms with Crippen molar-refractivity contribution in [1.82, 2.24) is 0 Å². The molecule has 2 heteroatoms. The van der Waals surface area contributed by atoms with E-state index in [1.165, 1.54) is 19.3 Å². The van der Waals surface area contributed by atoms with Crippen LogP contribution in [0.2, 0.25) is 0 Å². The molecule has 1 aliphatic heterocycles. The van der Waals surface area contributed by atoms with Gasteiger partial charge in [0.1, 0.15) is 13.1 Å². The predicted octanol–water partition coefficient (Wildman–Crippen LogP) is 2.33. The lowest BCUT2D eigenvalue weighted by Crippen LogP contribution is -2.33. The van der Waals surface area contributed by atoms with Gasteiger partial charge in [-0.05, 0) is 13.3 Å². The van der Waals surface area contributed by atoms with E-state index in [1.807, 2.05) is 0 Å². The third-order valence-electron chi connectivity index (χ3n) is 3.14. The second kappa shape index (κ2) is 4.75. The Bertz CT molecular complexity index is 173. The maximum absolute atomic E-state index is 11.7. The fraction of sp³-hybridized carbons (Fsp3) is 0.909. The molecule has 0 aromatic rings. The summed E-state index contributed by atoms with van der Waals surface area (Å²) in [5.41, 5.74) is 0. The van der Waals surface area contributed by atoms with Crippen LogP contribution in [0, 0.1) is 0 Å². The number of quaternary nitrogens is 1. The predicted molar refractivity (Wildman–Crippen MR) is 54.3 cm³/mol. The molecule has 0 radical (unpaired) electrons. The highest BCUT2D eigenvalue weighted by Gasteiger charge is 2.47. The minimum atomic E-state index is 0.485. The lowest BCUT2D eigenvalue weighted by molar-refractivity contribution is -0.717. The number of hydrogen-bond acceptors (Lipinski definition) is 1. The molecule has 76 valence electrons. The number of hydrogen-bond donors (Lipinski definition) is 0. The summed E-state index contributed by atoms with van der Waals surface area (Å²) in [6.45, 7) is 7.53. The van der Waals surface area contributed by atoms with E-state index in [4.69, 9.17) is 0 Å². The average Bonchev–Trinajstić information content (AvgIpc) is 2.93. The van der Waals surface area contributed by atoms with Gasteiger partial charge in [-0.3, -0.25) is 4.48 Å². The fourth-order valence-electron chi connectivity index (χ4n) is 1.80. The molecule has 13 heavy (non-hydrogen) atoms. The summed E-state index contributed by atoms with van der Waals surface area (Å²) < 4.78 is 0.784. The van der Waals surface area contributed by atoms with E-state index in [0.717, 1.165) is 37.0 Å². The summed E-state index contributed by atoms with van der Waals surface area (Å²) in [4.78, 5) is 11.7. The van der Waals surface area contributed by atoms with Crippen LogP contribution in [-0.2, 0) is 4.79 Å². The van der Waals surface area contributed by atoms with Crippen molar-refractivity contribution < 1.29 is 9.28 Å². The number of unbranched alkanes of at least 4 members (excludes halogenated alkanes) is 3. The fourth-order valence-corrected chi connectivity index (χ4v) is 1.80. The van der Waals surface area contributed by atoms with Crippen molar-refractivity contribution >= 4 is 5.91 Å². The molecule has 1 rings (SSSR count). The number of rotatable bonds is 6. The van der Waals surface area contributed by atoms with E-state index in [-0.39, 0.29) is 0 Å². The monoisotopic (exact) mass is 184 g/mol. The van der Waals surface area contributed by atoms with Crippen LogP contribution in [0.3, 0.4) is 0 Å². The van der Waals surface area contributed by atoms with Crippen LogP contribution in [-0.4, -0.2) is 30.0 Å². The lowest BCUT2D eigenvalue weighted by atomic mass is 10.1. The van der Waals surface area contributed by atoms with E-state index in [0.29, 0.717) is 5.91 Å². The van der Waals surface area contributed by atoms with Crippen molar-refractivity contribution in [1.29, 1.82) is 0 Å². The number of likely N-dealkylation sites (N-methyl/N-ethyl adjacent to an activating group) is 1. The van der Waals surface area contributed by atoms with Gasteiger partial charge in [-0.15, -0.1) is 0 Å². The maximum atomic E-state index is 11.7. The topological polar surface area (TPSA) is 17.1 Å². The van der Waals surface area contributed by atoms with Crippen LogP contribution in [0.25, 0.3) is 0 Å². The van der Waals surface area contributed by atoms with Gasteiger partial charge in [0.25, 0.3) is 0 Å². The summed E-state index contributed by atoms with van der Waals surface area (Å²) in [6.07, 6.45) is 5.67. The van der Waals surface area contributed by atoms with Crippen LogP contribution in [0.4, 0.5) is 0 Å². The molecule has 0 unspecified atom stereocenters. The first-order valence-electron chi connectivity index (χ1n) is 5.64. The second-order valence-corrected chi connectivity index (χ2v) is 4.11. The quantitative estimate of drug-likeness (QED) is 0.352. The summed E-state index contributed by atoms with van der Waals surface area (Å²) in [7, 11) is 0. The molecule has 1 aliphatic rings. The minimum absolute atomic E-state index is 0.485. The van der Waals surface area contributed by atoms with Crippen LogP contribution in [0.1, 0.15) is 46.0 Å². The molecule has 1 heterocycles. The van der Waals surface area contributed by atoms with E-state index in [9.17, 15) is 4.79 Å². The van der Waals surface area contributed by atoms with E-state index in [2.05, 4.69) is 13.8 Å². The van der Waals surface area contributed by atoms with Gasteiger partial charge in [-0.25, -0.2) is 4.79 Å². The number of amides is 1. The largest absolute Gasteiger partial charge is 0.314 e. The Kier molecular flexibility index (Phi) is 3.91. The third-order valence-corrected chi connectivity index (χ3v) is 3.14. The van der Waals surface area contributed by atoms with Crippen molar-refractivity contribution in [2.24, 2.45) is 0 Å². The molecular weight excluding hydrogens is 162 g/mol. The number of carbonyl (C=O) groups excluding carboxylic acids is 1. The SMILES string of the molecule is CCCCCCC(=O)[N+]1(CC)CC1. The van der Waals surface area contributed by atoms with Gasteiger partial charge >= 0.3 is 5.91 Å². The molecule has 0 saturated carbocycles. The summed E-state index contributed by atoms with van der Waals surface area (Å²) in [5.74, 6) is 0.485. The Balaban J connectivity index is 2.11. The Morgan fingerprint density at radius 1 is 1.15 bits per heavy atom. The first kappa shape index (κ1) is 10.7. The first-order chi connectivity index (χ1) is 6.25. The van der Waals surface area contributed by atoms with Crippen molar-refractivity contribution in [3.8, 4) is 0 Å². The van der Waals surface area contributed by atoms with E-state index >= 15 is 0 Å². The highest BCUT2D eigenvalue weighted by atomic mass is 16.2. The molecule has 1 saturated heterocycles. The summed E-state index contributed by atoms with van der Waals surface area (Å²) >= 11 is 0. The zero-order valence-corrected chi connectivity index (χ0v) is 9.01. The highest BCUT2D eigenvalue weighted by molar-refractivity contribution is 5.70. The first-order valence-corrected chi connectivity index (χ1v) is 5.64. The van der Waals surface area contributed by atoms with Crippen molar-refractivity contribution in [3.05, 3.63) is 0 Å². The van der Waals surface area contributed by atoms with Crippen LogP contribution in [0.5, 0.6) is 0 Å². The molecule has 0 aliphatic carbocycles. The Labute approximate surface area is 81.5 Å².